The Balaban J connectivity index is 0.00000267. The molecule has 0 spiro atoms. The molecule has 0 aliphatic carbocycles. The van der Waals surface area contributed by atoms with Crippen molar-refractivity contribution in [3.8, 4) is 5.75 Å². The van der Waals surface area contributed by atoms with Crippen LogP contribution in [0.2, 0.25) is 0 Å². The number of carbonyl (C=O) groups excluding carboxylic acids is 2. The largest absolute Gasteiger partial charge is 0.492 e. The molecule has 0 amide bonds. The van der Waals surface area contributed by atoms with Crippen LogP contribution in [-0.4, -0.2) is 50.2 Å². The number of fused-ring (bicyclic) bond motifs is 1. The van der Waals surface area contributed by atoms with E-state index in [-0.39, 0.29) is 50.3 Å². The number of benzene rings is 2. The zero-order chi connectivity index (χ0) is 26.4. The maximum atomic E-state index is 13.5. The van der Waals surface area contributed by atoms with Crippen LogP contribution in [0.1, 0.15) is 42.7 Å². The van der Waals surface area contributed by atoms with Crippen molar-refractivity contribution >= 4 is 64.0 Å². The summed E-state index contributed by atoms with van der Waals surface area (Å²) in [4.78, 5) is 27.9. The van der Waals surface area contributed by atoms with Crippen LogP contribution in [-0.2, 0) is 30.9 Å². The molecule has 1 aliphatic heterocycles. The first kappa shape index (κ1) is 32.4. The maximum Gasteiger partial charge on any atom is 0.328 e. The number of ether oxygens (including phenoxy) is 3. The van der Waals surface area contributed by atoms with Crippen molar-refractivity contribution in [1.82, 2.24) is 5.32 Å². The fourth-order valence-electron chi connectivity index (χ4n) is 4.62. The summed E-state index contributed by atoms with van der Waals surface area (Å²) < 4.78 is 17.8. The number of nitrogens with one attached hydrogen (secondary N) is 2. The predicted molar refractivity (Wildman–Crippen MR) is 159 cm³/mol. The molecule has 0 radical (unpaired) electrons. The van der Waals surface area contributed by atoms with E-state index in [0.29, 0.717) is 29.5 Å². The quantitative estimate of drug-likeness (QED) is 0.126. The van der Waals surface area contributed by atoms with Gasteiger partial charge in [-0.25, -0.2) is 0 Å². The second kappa shape index (κ2) is 14.5. The summed E-state index contributed by atoms with van der Waals surface area (Å²) in [6.45, 7) is 5.25. The van der Waals surface area contributed by atoms with Gasteiger partial charge in [0.1, 0.15) is 18.2 Å². The van der Waals surface area contributed by atoms with Crippen molar-refractivity contribution in [3.05, 3.63) is 64.5 Å². The van der Waals surface area contributed by atoms with Crippen molar-refractivity contribution in [2.75, 3.05) is 26.4 Å². The van der Waals surface area contributed by atoms with Gasteiger partial charge in [-0.2, -0.15) is 0 Å². The van der Waals surface area contributed by atoms with Gasteiger partial charge in [0, 0.05) is 27.6 Å². The van der Waals surface area contributed by atoms with Gasteiger partial charge in [0.2, 0.25) is 0 Å². The van der Waals surface area contributed by atoms with Crippen LogP contribution >= 0.6 is 36.2 Å². The fourth-order valence-corrected chi connectivity index (χ4v) is 5.75. The number of nitrogen functional groups attached to an aromatic ring is 1. The molecule has 1 saturated heterocycles. The summed E-state index contributed by atoms with van der Waals surface area (Å²) in [5.41, 5.74) is 5.07. The van der Waals surface area contributed by atoms with Crippen LogP contribution in [0.4, 0.5) is 0 Å². The van der Waals surface area contributed by atoms with Gasteiger partial charge < -0.3 is 25.3 Å². The summed E-state index contributed by atoms with van der Waals surface area (Å²) in [6, 6.07) is 14.8. The van der Waals surface area contributed by atoms with Gasteiger partial charge in [-0.15, -0.1) is 36.2 Å². The number of hydrogen-bond acceptors (Lipinski definition) is 8. The highest BCUT2D eigenvalue weighted by Crippen LogP contribution is 2.37. The Labute approximate surface area is 244 Å². The number of amidine groups is 1. The molecule has 0 unspecified atom stereocenters. The molecule has 4 N–H and O–H groups in total. The molecule has 3 aromatic rings. The number of nitrogens with two attached hydrogens (primary N) is 1. The zero-order valence-electron chi connectivity index (χ0n) is 22.0. The zero-order valence-corrected chi connectivity index (χ0v) is 24.4. The van der Waals surface area contributed by atoms with E-state index in [4.69, 9.17) is 25.4 Å². The summed E-state index contributed by atoms with van der Waals surface area (Å²) in [5, 5.41) is 12.0. The molecule has 1 atom stereocenters. The first-order valence-corrected chi connectivity index (χ1v) is 13.4. The van der Waals surface area contributed by atoms with E-state index >= 15 is 0 Å². The van der Waals surface area contributed by atoms with E-state index in [9.17, 15) is 9.59 Å². The topological polar surface area (TPSA) is 124 Å². The lowest BCUT2D eigenvalue weighted by atomic mass is 9.76. The number of esters is 2. The summed E-state index contributed by atoms with van der Waals surface area (Å²) in [6.07, 6.45) is 2.30. The molecule has 4 rings (SSSR count). The van der Waals surface area contributed by atoms with E-state index in [1.165, 1.54) is 11.3 Å². The van der Waals surface area contributed by atoms with E-state index in [2.05, 4.69) is 5.32 Å². The third kappa shape index (κ3) is 7.22. The molecule has 2 aromatic carbocycles. The number of carbonyl (C=O) groups is 2. The minimum absolute atomic E-state index is 0. The number of thiophene rings is 1. The average molecular weight is 597 g/mol. The Kier molecular flexibility index (Phi) is 12.0. The number of rotatable bonds is 11. The van der Waals surface area contributed by atoms with E-state index in [1.807, 2.05) is 18.2 Å². The Bertz CT molecular complexity index is 1260. The van der Waals surface area contributed by atoms with Crippen molar-refractivity contribution in [2.45, 2.75) is 44.6 Å². The first-order chi connectivity index (χ1) is 17.9. The van der Waals surface area contributed by atoms with Crippen LogP contribution in [0.3, 0.4) is 0 Å². The van der Waals surface area contributed by atoms with Crippen molar-refractivity contribution in [1.29, 1.82) is 5.41 Å². The molecule has 1 fully saturated rings. The molecule has 8 nitrogen and oxygen atoms in total. The van der Waals surface area contributed by atoms with E-state index < -0.39 is 17.4 Å². The lowest BCUT2D eigenvalue weighted by Crippen LogP contribution is -2.48. The number of hydrogen-bond donors (Lipinski definition) is 3. The monoisotopic (exact) mass is 595 g/mol. The van der Waals surface area contributed by atoms with Gasteiger partial charge in [0.05, 0.1) is 13.2 Å². The van der Waals surface area contributed by atoms with E-state index in [1.54, 1.807) is 44.2 Å². The fraction of sp³-hybridized carbons (Fsp3) is 0.393. The molecule has 39 heavy (non-hydrogen) atoms. The van der Waals surface area contributed by atoms with Crippen LogP contribution < -0.4 is 15.8 Å². The van der Waals surface area contributed by atoms with Crippen LogP contribution in [0, 0.1) is 5.41 Å². The molecule has 0 bridgehead atoms. The molecule has 11 heteroatoms. The van der Waals surface area contributed by atoms with Gasteiger partial charge in [0.25, 0.3) is 0 Å². The van der Waals surface area contributed by atoms with Crippen molar-refractivity contribution in [3.63, 3.8) is 0 Å². The highest BCUT2D eigenvalue weighted by molar-refractivity contribution is 7.19. The van der Waals surface area contributed by atoms with Crippen molar-refractivity contribution in [2.24, 2.45) is 5.73 Å². The molecular formula is C28H35Cl2N3O5S. The van der Waals surface area contributed by atoms with Crippen LogP contribution in [0.25, 0.3) is 10.1 Å². The second-order valence-corrected chi connectivity index (χ2v) is 10.2. The summed E-state index contributed by atoms with van der Waals surface area (Å²) in [5.74, 6) is -0.663. The summed E-state index contributed by atoms with van der Waals surface area (Å²) in [7, 11) is 0. The lowest BCUT2D eigenvalue weighted by molar-refractivity contribution is -0.164. The molecule has 1 aromatic heterocycles. The minimum atomic E-state index is -1.68. The predicted octanol–water partition coefficient (Wildman–Crippen LogP) is 4.77. The molecule has 1 aliphatic rings. The Hall–Kier alpha value is -2.85. The normalized spacial score (nSPS) is 14.7. The van der Waals surface area contributed by atoms with Gasteiger partial charge in [-0.05, 0) is 80.6 Å². The molecular weight excluding hydrogens is 561 g/mol. The smallest absolute Gasteiger partial charge is 0.328 e. The molecule has 2 heterocycles. The highest BCUT2D eigenvalue weighted by Gasteiger charge is 2.51. The van der Waals surface area contributed by atoms with Crippen LogP contribution in [0.15, 0.2) is 48.5 Å². The van der Waals surface area contributed by atoms with Gasteiger partial charge in [0.15, 0.2) is 5.41 Å². The van der Waals surface area contributed by atoms with Crippen molar-refractivity contribution < 1.29 is 23.8 Å². The van der Waals surface area contributed by atoms with Gasteiger partial charge in [-0.1, -0.05) is 12.1 Å². The molecule has 0 saturated carbocycles. The van der Waals surface area contributed by atoms with E-state index in [0.717, 1.165) is 34.3 Å². The SMILES string of the molecule is CCOC(=O)C(Cc1cc2cc(C(=N)N)ccc2s1)(C(=O)OCC)c1ccc(OC[C@H]2CCCN2)cc1.Cl.Cl. The van der Waals surface area contributed by atoms with Gasteiger partial charge >= 0.3 is 11.9 Å². The molecule has 212 valence electrons. The third-order valence-corrected chi connectivity index (χ3v) is 7.64. The Morgan fingerprint density at radius 2 is 1.72 bits per heavy atom. The average Bonchev–Trinajstić information content (AvgIpc) is 3.55. The summed E-state index contributed by atoms with van der Waals surface area (Å²) >= 11 is 1.48. The highest BCUT2D eigenvalue weighted by atomic mass is 35.5. The van der Waals surface area contributed by atoms with Crippen LogP contribution in [0.5, 0.6) is 5.75 Å². The Morgan fingerprint density at radius 1 is 1.05 bits per heavy atom. The minimum Gasteiger partial charge on any atom is -0.492 e. The Morgan fingerprint density at radius 3 is 2.28 bits per heavy atom. The maximum absolute atomic E-state index is 13.5. The van der Waals surface area contributed by atoms with Gasteiger partial charge in [-0.3, -0.25) is 15.0 Å². The first-order valence-electron chi connectivity index (χ1n) is 12.6. The standard InChI is InChI=1S/C28H33N3O5S.2ClH/c1-3-34-26(32)28(27(33)35-4-2,16-23-15-19-14-18(25(29)30)7-12-24(19)37-23)20-8-10-22(11-9-20)36-17-21-6-5-13-31-21;;/h7-12,14-15,21,31H,3-6,13,16-17H2,1-2H3,(H3,29,30);2*1H/t21-;;/m1../s1. The third-order valence-electron chi connectivity index (χ3n) is 6.53. The number of halogens is 2. The second-order valence-electron chi connectivity index (χ2n) is 9.03. The lowest BCUT2D eigenvalue weighted by Gasteiger charge is -2.29.